The van der Waals surface area contributed by atoms with Gasteiger partial charge >= 0.3 is 0 Å². The van der Waals surface area contributed by atoms with Crippen molar-refractivity contribution in [3.05, 3.63) is 0 Å². The third kappa shape index (κ3) is 2.54. The molecule has 2 heterocycles. The molecule has 6 fully saturated rings. The predicted molar refractivity (Wildman–Crippen MR) is 119 cm³/mol. The van der Waals surface area contributed by atoms with Gasteiger partial charge in [0.1, 0.15) is 11.5 Å². The van der Waals surface area contributed by atoms with Crippen LogP contribution < -0.4 is 5.32 Å². The Kier molecular flexibility index (Phi) is 4.42. The van der Waals surface area contributed by atoms with E-state index < -0.39 is 0 Å². The van der Waals surface area contributed by atoms with Crippen LogP contribution in [0.5, 0.6) is 0 Å². The van der Waals surface area contributed by atoms with E-state index in [1.54, 1.807) is 0 Å². The number of hydrogen-bond acceptors (Lipinski definition) is 3. The first-order valence-corrected chi connectivity index (χ1v) is 13.2. The number of carbonyl (C=O) groups is 1. The second-order valence-electron chi connectivity index (χ2n) is 13.1. The quantitative estimate of drug-likeness (QED) is 0.564. The molecule has 0 aromatic rings. The van der Waals surface area contributed by atoms with Gasteiger partial charge in [-0.1, -0.05) is 27.7 Å². The second-order valence-corrected chi connectivity index (χ2v) is 13.1. The van der Waals surface area contributed by atoms with E-state index in [1.807, 2.05) is 0 Å². The molecule has 1 N–H and O–H groups in total. The van der Waals surface area contributed by atoms with E-state index in [1.165, 1.54) is 44.9 Å². The van der Waals surface area contributed by atoms with Crippen molar-refractivity contribution in [2.45, 2.75) is 104 Å². The number of hydrogen-bond donors (Lipinski definition) is 1. The smallest absolute Gasteiger partial charge is 0.133 e. The Morgan fingerprint density at radius 1 is 0.967 bits per heavy atom. The molecule has 0 aromatic carbocycles. The van der Waals surface area contributed by atoms with Crippen LogP contribution in [0, 0.1) is 52.3 Å². The topological polar surface area (TPSA) is 38.3 Å². The number of rotatable bonds is 0. The number of ether oxygens (including phenoxy) is 1. The number of nitrogens with one attached hydrogen (secondary N) is 1. The molecule has 11 atom stereocenters. The van der Waals surface area contributed by atoms with Crippen molar-refractivity contribution in [3.8, 4) is 0 Å². The standard InChI is InChI=1S/C27H43NO2/c1-16-7-12-27(28-15-16)17(2)24-23(30-27)14-22-20-6-5-18-13-19(29)8-10-25(18,3)21(20)9-11-26(22,24)4/h16-18,20-24,28H,5-15H2,1-4H3/t16-,17+,18-,20+,21-,22-,23-,24-,25-,26-,27-/m0/s1. The molecule has 0 unspecified atom stereocenters. The van der Waals surface area contributed by atoms with Gasteiger partial charge in [-0.15, -0.1) is 0 Å². The van der Waals surface area contributed by atoms with Gasteiger partial charge < -0.3 is 4.74 Å². The zero-order valence-electron chi connectivity index (χ0n) is 19.7. The maximum Gasteiger partial charge on any atom is 0.133 e. The van der Waals surface area contributed by atoms with Crippen molar-refractivity contribution < 1.29 is 9.53 Å². The molecule has 4 saturated carbocycles. The van der Waals surface area contributed by atoms with E-state index in [4.69, 9.17) is 4.74 Å². The molecule has 168 valence electrons. The first-order valence-electron chi connectivity index (χ1n) is 13.2. The number of fused-ring (bicyclic) bond motifs is 7. The molecule has 2 saturated heterocycles. The summed E-state index contributed by atoms with van der Waals surface area (Å²) in [4.78, 5) is 12.2. The van der Waals surface area contributed by atoms with Crippen LogP contribution in [0.3, 0.4) is 0 Å². The van der Waals surface area contributed by atoms with Gasteiger partial charge in [0.05, 0.1) is 6.10 Å². The third-order valence-corrected chi connectivity index (χ3v) is 12.0. The first-order chi connectivity index (χ1) is 14.3. The Bertz CT molecular complexity index is 726. The van der Waals surface area contributed by atoms with Crippen LogP contribution in [0.25, 0.3) is 0 Å². The molecule has 0 bridgehead atoms. The zero-order valence-corrected chi connectivity index (χ0v) is 19.7. The molecule has 6 aliphatic rings. The molecule has 6 rings (SSSR count). The van der Waals surface area contributed by atoms with Gasteiger partial charge in [0, 0.05) is 25.3 Å². The average Bonchev–Trinajstić information content (AvgIpc) is 3.16. The zero-order chi connectivity index (χ0) is 20.9. The molecule has 3 heteroatoms. The Morgan fingerprint density at radius 3 is 2.57 bits per heavy atom. The van der Waals surface area contributed by atoms with E-state index in [0.29, 0.717) is 34.6 Å². The van der Waals surface area contributed by atoms with E-state index in [0.717, 1.165) is 55.4 Å². The van der Waals surface area contributed by atoms with E-state index in [9.17, 15) is 4.79 Å². The highest BCUT2D eigenvalue weighted by Gasteiger charge is 2.68. The van der Waals surface area contributed by atoms with Gasteiger partial charge in [-0.2, -0.15) is 0 Å². The minimum atomic E-state index is -0.0416. The van der Waals surface area contributed by atoms with Crippen LogP contribution in [-0.2, 0) is 9.53 Å². The maximum atomic E-state index is 12.2. The molecular formula is C27H43NO2. The molecule has 1 spiro atoms. The summed E-state index contributed by atoms with van der Waals surface area (Å²) in [6, 6.07) is 0. The van der Waals surface area contributed by atoms with Gasteiger partial charge in [0.25, 0.3) is 0 Å². The monoisotopic (exact) mass is 413 g/mol. The van der Waals surface area contributed by atoms with Crippen LogP contribution in [-0.4, -0.2) is 24.2 Å². The van der Waals surface area contributed by atoms with E-state index in [2.05, 4.69) is 33.0 Å². The van der Waals surface area contributed by atoms with Crippen molar-refractivity contribution in [1.29, 1.82) is 0 Å². The molecule has 2 aliphatic heterocycles. The minimum absolute atomic E-state index is 0.0416. The fraction of sp³-hybridized carbons (Fsp3) is 0.963. The van der Waals surface area contributed by atoms with Crippen molar-refractivity contribution in [3.63, 3.8) is 0 Å². The minimum Gasteiger partial charge on any atom is -0.357 e. The van der Waals surface area contributed by atoms with Crippen LogP contribution in [0.2, 0.25) is 0 Å². The largest absolute Gasteiger partial charge is 0.357 e. The van der Waals surface area contributed by atoms with Crippen molar-refractivity contribution >= 4 is 5.78 Å². The van der Waals surface area contributed by atoms with Crippen LogP contribution in [0.15, 0.2) is 0 Å². The third-order valence-electron chi connectivity index (χ3n) is 12.0. The SMILES string of the molecule is C[C@H]1CC[C@]2(NC1)O[C@H]1C[C@H]3[C@@H]4CC[C@H]5CC(=O)CC[C@]5(C)[C@H]4CC[C@]3(C)[C@H]1[C@H]2C. The highest BCUT2D eigenvalue weighted by molar-refractivity contribution is 5.79. The summed E-state index contributed by atoms with van der Waals surface area (Å²) in [5, 5.41) is 3.88. The lowest BCUT2D eigenvalue weighted by Crippen LogP contribution is -2.57. The number of ketones is 1. The summed E-state index contributed by atoms with van der Waals surface area (Å²) < 4.78 is 7.00. The highest BCUT2D eigenvalue weighted by atomic mass is 16.5. The van der Waals surface area contributed by atoms with Crippen molar-refractivity contribution in [2.75, 3.05) is 6.54 Å². The Hall–Kier alpha value is -0.410. The predicted octanol–water partition coefficient (Wildman–Crippen LogP) is 5.58. The molecule has 0 radical (unpaired) electrons. The summed E-state index contributed by atoms with van der Waals surface area (Å²) >= 11 is 0. The Labute approximate surface area is 183 Å². The summed E-state index contributed by atoms with van der Waals surface area (Å²) in [6.45, 7) is 11.2. The second kappa shape index (κ2) is 6.56. The summed E-state index contributed by atoms with van der Waals surface area (Å²) in [6.07, 6.45) is 12.6. The van der Waals surface area contributed by atoms with Gasteiger partial charge in [-0.3, -0.25) is 10.1 Å². The fourth-order valence-corrected chi connectivity index (χ4v) is 10.2. The molecule has 0 aromatic heterocycles. The summed E-state index contributed by atoms with van der Waals surface area (Å²) in [5.41, 5.74) is 0.831. The average molecular weight is 414 g/mol. The molecular weight excluding hydrogens is 370 g/mol. The lowest BCUT2D eigenvalue weighted by atomic mass is 9.44. The maximum absolute atomic E-state index is 12.2. The van der Waals surface area contributed by atoms with Crippen molar-refractivity contribution in [1.82, 2.24) is 5.32 Å². The first kappa shape index (κ1) is 20.2. The van der Waals surface area contributed by atoms with Gasteiger partial charge in [-0.25, -0.2) is 0 Å². The Balaban J connectivity index is 1.26. The number of Topliss-reactive ketones (excluding diaryl/α,β-unsaturated/α-hetero) is 1. The number of carbonyl (C=O) groups excluding carboxylic acids is 1. The molecule has 30 heavy (non-hydrogen) atoms. The number of piperidine rings is 1. The van der Waals surface area contributed by atoms with E-state index >= 15 is 0 Å². The lowest BCUT2D eigenvalue weighted by molar-refractivity contribution is -0.144. The summed E-state index contributed by atoms with van der Waals surface area (Å²) in [7, 11) is 0. The molecule has 0 amide bonds. The normalized spacial score (nSPS) is 60.1. The van der Waals surface area contributed by atoms with Gasteiger partial charge in [-0.05, 0) is 97.7 Å². The summed E-state index contributed by atoms with van der Waals surface area (Å²) in [5.74, 6) is 5.89. The van der Waals surface area contributed by atoms with Crippen LogP contribution >= 0.6 is 0 Å². The fourth-order valence-electron chi connectivity index (χ4n) is 10.2. The van der Waals surface area contributed by atoms with Crippen molar-refractivity contribution in [2.24, 2.45) is 52.3 Å². The van der Waals surface area contributed by atoms with E-state index in [-0.39, 0.29) is 5.72 Å². The molecule has 3 nitrogen and oxygen atoms in total. The molecule has 4 aliphatic carbocycles. The highest BCUT2D eigenvalue weighted by Crippen LogP contribution is 2.70. The van der Waals surface area contributed by atoms with Gasteiger partial charge in [0.2, 0.25) is 0 Å². The lowest BCUT2D eigenvalue weighted by Gasteiger charge is -2.60. The van der Waals surface area contributed by atoms with Gasteiger partial charge in [0.15, 0.2) is 0 Å². The Morgan fingerprint density at radius 2 is 1.80 bits per heavy atom. The van der Waals surface area contributed by atoms with Crippen LogP contribution in [0.1, 0.15) is 91.9 Å². The van der Waals surface area contributed by atoms with Crippen LogP contribution in [0.4, 0.5) is 0 Å².